The van der Waals surface area contributed by atoms with Gasteiger partial charge in [-0.05, 0) is 50.7 Å². The van der Waals surface area contributed by atoms with E-state index < -0.39 is 0 Å². The summed E-state index contributed by atoms with van der Waals surface area (Å²) >= 11 is 1.65. The van der Waals surface area contributed by atoms with Gasteiger partial charge in [0.2, 0.25) is 0 Å². The first-order valence-electron chi connectivity index (χ1n) is 9.06. The van der Waals surface area contributed by atoms with Gasteiger partial charge < -0.3 is 4.90 Å². The summed E-state index contributed by atoms with van der Waals surface area (Å²) in [5.41, 5.74) is 2.96. The number of hydrogen-bond acceptors (Lipinski definition) is 3. The molecule has 0 bridgehead atoms. The molecule has 1 aromatic carbocycles. The molecule has 24 heavy (non-hydrogen) atoms. The van der Waals surface area contributed by atoms with Crippen LogP contribution >= 0.6 is 11.3 Å². The molecule has 2 fully saturated rings. The predicted octanol–water partition coefficient (Wildman–Crippen LogP) is 4.91. The predicted molar refractivity (Wildman–Crippen MR) is 98.3 cm³/mol. The van der Waals surface area contributed by atoms with Crippen molar-refractivity contribution in [3.8, 4) is 10.6 Å². The summed E-state index contributed by atoms with van der Waals surface area (Å²) in [5.74, 6) is 0.947. The number of thiazole rings is 1. The minimum absolute atomic E-state index is 0.216. The number of carbonyl (C=O) groups is 1. The van der Waals surface area contributed by atoms with E-state index in [0.29, 0.717) is 6.04 Å². The number of hydrogen-bond donors (Lipinski definition) is 0. The van der Waals surface area contributed by atoms with E-state index in [1.54, 1.807) is 11.3 Å². The maximum absolute atomic E-state index is 13.0. The molecule has 2 heterocycles. The van der Waals surface area contributed by atoms with Gasteiger partial charge in [0.25, 0.3) is 5.91 Å². The monoisotopic (exact) mass is 340 g/mol. The van der Waals surface area contributed by atoms with Crippen LogP contribution in [0.1, 0.15) is 54.6 Å². The summed E-state index contributed by atoms with van der Waals surface area (Å²) in [6.45, 7) is 2.93. The number of likely N-dealkylation sites (tertiary alicyclic amines) is 1. The molecule has 4 rings (SSSR count). The van der Waals surface area contributed by atoms with Gasteiger partial charge in [0, 0.05) is 34.8 Å². The zero-order valence-corrected chi connectivity index (χ0v) is 15.0. The molecular formula is C20H24N2OS. The number of nitrogens with zero attached hydrogens (tertiary/aromatic N) is 2. The van der Waals surface area contributed by atoms with E-state index in [1.165, 1.54) is 32.1 Å². The van der Waals surface area contributed by atoms with Gasteiger partial charge in [-0.1, -0.05) is 25.0 Å². The van der Waals surface area contributed by atoms with E-state index in [2.05, 4.69) is 15.3 Å². The second-order valence-electron chi connectivity index (χ2n) is 7.12. The summed E-state index contributed by atoms with van der Waals surface area (Å²) in [7, 11) is 0. The van der Waals surface area contributed by atoms with Crippen LogP contribution in [0.25, 0.3) is 10.6 Å². The summed E-state index contributed by atoms with van der Waals surface area (Å²) in [4.78, 5) is 19.7. The number of rotatable bonds is 2. The summed E-state index contributed by atoms with van der Waals surface area (Å²) in [6.07, 6.45) is 7.56. The Kier molecular flexibility index (Phi) is 4.40. The molecule has 4 heteroatoms. The van der Waals surface area contributed by atoms with E-state index in [-0.39, 0.29) is 5.91 Å². The van der Waals surface area contributed by atoms with Crippen LogP contribution in [0, 0.1) is 12.8 Å². The fourth-order valence-electron chi connectivity index (χ4n) is 4.28. The van der Waals surface area contributed by atoms with E-state index >= 15 is 0 Å². The third-order valence-electron chi connectivity index (χ3n) is 5.50. The first-order valence-corrected chi connectivity index (χ1v) is 9.94. The second kappa shape index (κ2) is 6.67. The molecule has 1 aliphatic carbocycles. The first kappa shape index (κ1) is 15.8. The van der Waals surface area contributed by atoms with Crippen molar-refractivity contribution < 1.29 is 4.79 Å². The zero-order chi connectivity index (χ0) is 16.5. The fraction of sp³-hybridized carbons (Fsp3) is 0.500. The van der Waals surface area contributed by atoms with Crippen LogP contribution in [-0.4, -0.2) is 28.4 Å². The fourth-order valence-corrected chi connectivity index (χ4v) is 5.09. The molecule has 0 N–H and O–H groups in total. The number of amides is 1. The molecule has 2 aliphatic rings. The number of aryl methyl sites for hydroxylation is 1. The number of carbonyl (C=O) groups excluding carboxylic acids is 1. The highest BCUT2D eigenvalue weighted by Gasteiger charge is 2.35. The third kappa shape index (κ3) is 3.00. The molecule has 1 amide bonds. The van der Waals surface area contributed by atoms with Crippen LogP contribution < -0.4 is 0 Å². The average molecular weight is 340 g/mol. The number of benzene rings is 1. The molecule has 1 aromatic heterocycles. The first-order chi connectivity index (χ1) is 11.7. The van der Waals surface area contributed by atoms with Crippen molar-refractivity contribution in [3.63, 3.8) is 0 Å². The molecule has 2 atom stereocenters. The Morgan fingerprint density at radius 3 is 2.62 bits per heavy atom. The summed E-state index contributed by atoms with van der Waals surface area (Å²) in [6, 6.07) is 8.49. The average Bonchev–Trinajstić information content (AvgIpc) is 3.07. The Hall–Kier alpha value is -1.68. The van der Waals surface area contributed by atoms with Crippen LogP contribution in [0.3, 0.4) is 0 Å². The van der Waals surface area contributed by atoms with Gasteiger partial charge in [0.15, 0.2) is 0 Å². The van der Waals surface area contributed by atoms with Crippen molar-refractivity contribution in [2.45, 2.75) is 51.5 Å². The Balaban J connectivity index is 1.53. The highest BCUT2D eigenvalue weighted by Crippen LogP contribution is 2.36. The maximum atomic E-state index is 13.0. The van der Waals surface area contributed by atoms with Crippen molar-refractivity contribution in [2.24, 2.45) is 5.92 Å². The lowest BCUT2D eigenvalue weighted by Crippen LogP contribution is -2.49. The van der Waals surface area contributed by atoms with Crippen LogP contribution in [0.4, 0.5) is 0 Å². The SMILES string of the molecule is Cc1csc(-c2ccc(C(=O)N3CCC[C@H]4CCCC[C@@H]43)cc2)n1. The molecule has 0 unspecified atom stereocenters. The van der Waals surface area contributed by atoms with Crippen molar-refractivity contribution in [3.05, 3.63) is 40.9 Å². The van der Waals surface area contributed by atoms with E-state index in [1.807, 2.05) is 31.2 Å². The minimum Gasteiger partial charge on any atom is -0.335 e. The van der Waals surface area contributed by atoms with Gasteiger partial charge in [0.1, 0.15) is 5.01 Å². The molecule has 1 aliphatic heterocycles. The van der Waals surface area contributed by atoms with E-state index in [9.17, 15) is 4.79 Å². The Bertz CT molecular complexity index is 719. The molecule has 126 valence electrons. The van der Waals surface area contributed by atoms with Crippen LogP contribution in [0.15, 0.2) is 29.6 Å². The molecule has 0 spiro atoms. The Labute approximate surface area is 147 Å². The quantitative estimate of drug-likeness (QED) is 0.778. The lowest BCUT2D eigenvalue weighted by molar-refractivity contribution is 0.0390. The maximum Gasteiger partial charge on any atom is 0.254 e. The summed E-state index contributed by atoms with van der Waals surface area (Å²) < 4.78 is 0. The van der Waals surface area contributed by atoms with Gasteiger partial charge in [-0.3, -0.25) is 4.79 Å². The molecule has 2 aromatic rings. The highest BCUT2D eigenvalue weighted by molar-refractivity contribution is 7.13. The van der Waals surface area contributed by atoms with Crippen LogP contribution in [0.2, 0.25) is 0 Å². The number of piperidine rings is 1. The zero-order valence-electron chi connectivity index (χ0n) is 14.2. The Morgan fingerprint density at radius 2 is 1.88 bits per heavy atom. The highest BCUT2D eigenvalue weighted by atomic mass is 32.1. The minimum atomic E-state index is 0.216. The topological polar surface area (TPSA) is 33.2 Å². The standard InChI is InChI=1S/C20H24N2OS/c1-14-13-24-19(21-14)16-8-10-17(11-9-16)20(23)22-12-4-6-15-5-2-3-7-18(15)22/h8-11,13,15,18H,2-7,12H2,1H3/t15-,18+/m1/s1. The number of aromatic nitrogens is 1. The van der Waals surface area contributed by atoms with Crippen molar-refractivity contribution in [1.82, 2.24) is 9.88 Å². The van der Waals surface area contributed by atoms with Gasteiger partial charge in [-0.15, -0.1) is 11.3 Å². The van der Waals surface area contributed by atoms with E-state index in [0.717, 1.165) is 40.7 Å². The third-order valence-corrected chi connectivity index (χ3v) is 6.51. The lowest BCUT2D eigenvalue weighted by Gasteiger charge is -2.44. The van der Waals surface area contributed by atoms with E-state index in [4.69, 9.17) is 0 Å². The van der Waals surface area contributed by atoms with Crippen molar-refractivity contribution >= 4 is 17.2 Å². The van der Waals surface area contributed by atoms with Gasteiger partial charge in [-0.2, -0.15) is 0 Å². The normalized spacial score (nSPS) is 23.8. The van der Waals surface area contributed by atoms with Crippen LogP contribution in [0.5, 0.6) is 0 Å². The molecule has 1 saturated carbocycles. The molecule has 0 radical (unpaired) electrons. The lowest BCUT2D eigenvalue weighted by atomic mass is 9.78. The van der Waals surface area contributed by atoms with Crippen LogP contribution in [-0.2, 0) is 0 Å². The van der Waals surface area contributed by atoms with Crippen molar-refractivity contribution in [1.29, 1.82) is 0 Å². The molecule has 3 nitrogen and oxygen atoms in total. The molecule has 1 saturated heterocycles. The number of fused-ring (bicyclic) bond motifs is 1. The van der Waals surface area contributed by atoms with Gasteiger partial charge in [0.05, 0.1) is 0 Å². The second-order valence-corrected chi connectivity index (χ2v) is 7.98. The van der Waals surface area contributed by atoms with Gasteiger partial charge >= 0.3 is 0 Å². The van der Waals surface area contributed by atoms with Crippen molar-refractivity contribution in [2.75, 3.05) is 6.54 Å². The summed E-state index contributed by atoms with van der Waals surface area (Å²) in [5, 5.41) is 3.09. The smallest absolute Gasteiger partial charge is 0.254 e. The Morgan fingerprint density at radius 1 is 1.12 bits per heavy atom. The molecular weight excluding hydrogens is 316 g/mol. The van der Waals surface area contributed by atoms with Gasteiger partial charge in [-0.25, -0.2) is 4.98 Å². The largest absolute Gasteiger partial charge is 0.335 e.